The van der Waals surface area contributed by atoms with Gasteiger partial charge in [0.2, 0.25) is 0 Å². The van der Waals surface area contributed by atoms with Crippen molar-refractivity contribution in [3.05, 3.63) is 46.4 Å². The standard InChI is InChI=1S/C18H20F2Se/c1-2-12-5-7-13(8-6-12)14-9-10-15(18(20)17(14)19)16-4-3-11-21-16/h3-4,9-13H,2,5-8H2,1H3. The van der Waals surface area contributed by atoms with Crippen LogP contribution in [0.3, 0.4) is 0 Å². The number of halogens is 2. The zero-order valence-electron chi connectivity index (χ0n) is 12.2. The van der Waals surface area contributed by atoms with E-state index >= 15 is 0 Å². The van der Waals surface area contributed by atoms with Crippen molar-refractivity contribution >= 4 is 14.5 Å². The fourth-order valence-electron chi connectivity index (χ4n) is 3.38. The summed E-state index contributed by atoms with van der Waals surface area (Å²) in [7, 11) is 0. The number of rotatable bonds is 3. The molecule has 0 N–H and O–H groups in total. The topological polar surface area (TPSA) is 0 Å². The van der Waals surface area contributed by atoms with Crippen molar-refractivity contribution in [1.29, 1.82) is 0 Å². The Morgan fingerprint density at radius 3 is 2.43 bits per heavy atom. The molecule has 1 fully saturated rings. The maximum absolute atomic E-state index is 14.5. The van der Waals surface area contributed by atoms with Gasteiger partial charge in [0.05, 0.1) is 0 Å². The van der Waals surface area contributed by atoms with Crippen LogP contribution in [-0.4, -0.2) is 14.5 Å². The van der Waals surface area contributed by atoms with E-state index in [1.165, 1.54) is 6.42 Å². The van der Waals surface area contributed by atoms with Crippen LogP contribution < -0.4 is 0 Å². The van der Waals surface area contributed by atoms with Gasteiger partial charge >= 0.3 is 131 Å². The Labute approximate surface area is 130 Å². The van der Waals surface area contributed by atoms with E-state index in [-0.39, 0.29) is 20.4 Å². The first-order chi connectivity index (χ1) is 10.2. The monoisotopic (exact) mass is 354 g/mol. The number of hydrogen-bond donors (Lipinski definition) is 0. The molecule has 0 amide bonds. The molecule has 2 aromatic rings. The second-order valence-corrected chi connectivity index (χ2v) is 7.92. The fraction of sp³-hybridized carbons (Fsp3) is 0.444. The summed E-state index contributed by atoms with van der Waals surface area (Å²) in [6, 6.07) is 7.41. The molecular formula is C18H20F2Se. The SMILES string of the molecule is CCC1CCC(c2ccc(-c3ccc[se]3)c(F)c2F)CC1. The summed E-state index contributed by atoms with van der Waals surface area (Å²) in [6.45, 7) is 2.21. The molecule has 1 heterocycles. The van der Waals surface area contributed by atoms with E-state index in [4.69, 9.17) is 0 Å². The van der Waals surface area contributed by atoms with Gasteiger partial charge < -0.3 is 0 Å². The minimum atomic E-state index is -0.651. The average molecular weight is 353 g/mol. The fourth-order valence-corrected chi connectivity index (χ4v) is 4.95. The Bertz CT molecular complexity index is 596. The van der Waals surface area contributed by atoms with Gasteiger partial charge in [-0.2, -0.15) is 0 Å². The van der Waals surface area contributed by atoms with Crippen molar-refractivity contribution in [1.82, 2.24) is 0 Å². The van der Waals surface area contributed by atoms with Gasteiger partial charge in [0.25, 0.3) is 0 Å². The zero-order valence-corrected chi connectivity index (χ0v) is 14.0. The van der Waals surface area contributed by atoms with Crippen LogP contribution in [0.15, 0.2) is 29.2 Å². The van der Waals surface area contributed by atoms with E-state index in [9.17, 15) is 8.78 Å². The number of hydrogen-bond acceptors (Lipinski definition) is 0. The first kappa shape index (κ1) is 15.0. The molecule has 1 aromatic carbocycles. The van der Waals surface area contributed by atoms with Crippen LogP contribution in [0, 0.1) is 17.6 Å². The van der Waals surface area contributed by atoms with Crippen molar-refractivity contribution in [2.75, 3.05) is 0 Å². The van der Waals surface area contributed by atoms with Gasteiger partial charge in [-0.3, -0.25) is 0 Å². The molecule has 0 bridgehead atoms. The third kappa shape index (κ3) is 3.00. The Balaban J connectivity index is 1.86. The maximum atomic E-state index is 14.5. The van der Waals surface area contributed by atoms with E-state index in [1.54, 1.807) is 6.07 Å². The first-order valence-electron chi connectivity index (χ1n) is 7.72. The van der Waals surface area contributed by atoms with Gasteiger partial charge in [0.1, 0.15) is 0 Å². The molecule has 0 atom stereocenters. The zero-order chi connectivity index (χ0) is 14.8. The van der Waals surface area contributed by atoms with Gasteiger partial charge in [-0.05, 0) is 0 Å². The Hall–Kier alpha value is -0.921. The van der Waals surface area contributed by atoms with Crippen molar-refractivity contribution in [3.63, 3.8) is 0 Å². The summed E-state index contributed by atoms with van der Waals surface area (Å²) in [5, 5.41) is 0. The summed E-state index contributed by atoms with van der Waals surface area (Å²) in [5.74, 6) is -0.304. The van der Waals surface area contributed by atoms with Crippen LogP contribution in [0.5, 0.6) is 0 Å². The minimum absolute atomic E-state index is 0.133. The second-order valence-electron chi connectivity index (χ2n) is 5.93. The first-order valence-corrected chi connectivity index (χ1v) is 9.57. The molecule has 112 valence electrons. The molecule has 0 radical (unpaired) electrons. The van der Waals surface area contributed by atoms with Crippen molar-refractivity contribution in [2.45, 2.75) is 44.9 Å². The molecule has 3 heteroatoms. The predicted molar refractivity (Wildman–Crippen MR) is 83.7 cm³/mol. The predicted octanol–water partition coefficient (Wildman–Crippen LogP) is 5.37. The third-order valence-corrected chi connectivity index (χ3v) is 6.66. The van der Waals surface area contributed by atoms with Crippen molar-refractivity contribution in [3.8, 4) is 10.0 Å². The molecule has 1 aliphatic rings. The summed E-state index contributed by atoms with van der Waals surface area (Å²) in [4.78, 5) is 2.03. The molecule has 3 rings (SSSR count). The molecule has 1 aliphatic carbocycles. The van der Waals surface area contributed by atoms with Gasteiger partial charge in [-0.15, -0.1) is 0 Å². The average Bonchev–Trinajstić information content (AvgIpc) is 3.04. The molecule has 0 saturated heterocycles. The van der Waals surface area contributed by atoms with Gasteiger partial charge in [0, 0.05) is 0 Å². The molecule has 0 spiro atoms. The third-order valence-electron chi connectivity index (χ3n) is 4.76. The van der Waals surface area contributed by atoms with Crippen LogP contribution >= 0.6 is 0 Å². The Kier molecular flexibility index (Phi) is 4.61. The van der Waals surface area contributed by atoms with Crippen LogP contribution in [0.25, 0.3) is 10.0 Å². The molecule has 0 unspecified atom stereocenters. The van der Waals surface area contributed by atoms with Gasteiger partial charge in [-0.1, -0.05) is 0 Å². The summed E-state index contributed by atoms with van der Waals surface area (Å²) >= 11 is 0.133. The van der Waals surface area contributed by atoms with Crippen LogP contribution in [-0.2, 0) is 0 Å². The summed E-state index contributed by atoms with van der Waals surface area (Å²) < 4.78 is 29.8. The van der Waals surface area contributed by atoms with Crippen molar-refractivity contribution in [2.24, 2.45) is 5.92 Å². The normalized spacial score (nSPS) is 22.4. The second kappa shape index (κ2) is 6.46. The van der Waals surface area contributed by atoms with Crippen LogP contribution in [0.4, 0.5) is 8.78 Å². The molecule has 1 saturated carbocycles. The quantitative estimate of drug-likeness (QED) is 0.651. The van der Waals surface area contributed by atoms with E-state index < -0.39 is 11.6 Å². The van der Waals surface area contributed by atoms with E-state index in [0.29, 0.717) is 11.1 Å². The van der Waals surface area contributed by atoms with Gasteiger partial charge in [0.15, 0.2) is 0 Å². The van der Waals surface area contributed by atoms with E-state index in [0.717, 1.165) is 36.0 Å². The molecule has 21 heavy (non-hydrogen) atoms. The Morgan fingerprint density at radius 2 is 1.81 bits per heavy atom. The molecule has 1 aromatic heterocycles. The molecule has 0 aliphatic heterocycles. The van der Waals surface area contributed by atoms with Gasteiger partial charge in [-0.25, -0.2) is 0 Å². The van der Waals surface area contributed by atoms with Crippen LogP contribution in [0.2, 0.25) is 0 Å². The van der Waals surface area contributed by atoms with Crippen molar-refractivity contribution < 1.29 is 8.78 Å². The summed E-state index contributed by atoms with van der Waals surface area (Å²) in [5.41, 5.74) is 1.04. The number of benzene rings is 1. The summed E-state index contributed by atoms with van der Waals surface area (Å²) in [6.07, 6.45) is 5.46. The molecule has 0 nitrogen and oxygen atoms in total. The van der Waals surface area contributed by atoms with Crippen LogP contribution in [0.1, 0.15) is 50.5 Å². The van der Waals surface area contributed by atoms with E-state index in [1.807, 2.05) is 23.1 Å². The molecular weight excluding hydrogens is 333 g/mol. The van der Waals surface area contributed by atoms with E-state index in [2.05, 4.69) is 6.92 Å². The Morgan fingerprint density at radius 1 is 1.05 bits per heavy atom.